The molecule has 0 fully saturated rings. The van der Waals surface area contributed by atoms with E-state index in [0.29, 0.717) is 0 Å². The van der Waals surface area contributed by atoms with Gasteiger partial charge in [0, 0.05) is 11.6 Å². The molecule has 0 bridgehead atoms. The van der Waals surface area contributed by atoms with Crippen LogP contribution < -0.4 is 0 Å². The topological polar surface area (TPSA) is 41.0 Å². The zero-order valence-corrected chi connectivity index (χ0v) is 5.91. The second-order valence-corrected chi connectivity index (χ2v) is 2.26. The first-order chi connectivity index (χ1) is 5.42. The summed E-state index contributed by atoms with van der Waals surface area (Å²) in [5, 5.41) is 1.06. The molecule has 1 N–H and O–H groups in total. The van der Waals surface area contributed by atoms with Gasteiger partial charge in [0.05, 0.1) is 23.6 Å². The summed E-state index contributed by atoms with van der Waals surface area (Å²) < 4.78 is 0. The van der Waals surface area contributed by atoms with Crippen molar-refractivity contribution in [3.8, 4) is 0 Å². The Balaban J connectivity index is 2.88. The molecule has 0 aliphatic heterocycles. The maximum absolute atomic E-state index is 3.99. The van der Waals surface area contributed by atoms with Crippen molar-refractivity contribution in [2.24, 2.45) is 4.99 Å². The summed E-state index contributed by atoms with van der Waals surface area (Å²) in [5.41, 5.74) is 1.82. The summed E-state index contributed by atoms with van der Waals surface area (Å²) in [4.78, 5) is 10.9. The highest BCUT2D eigenvalue weighted by atomic mass is 14.8. The Bertz CT molecular complexity index is 389. The monoisotopic (exact) mass is 145 g/mol. The van der Waals surface area contributed by atoms with Crippen LogP contribution in [0.4, 0.5) is 5.69 Å². The van der Waals surface area contributed by atoms with E-state index in [9.17, 15) is 0 Å². The Morgan fingerprint density at radius 2 is 2.36 bits per heavy atom. The quantitative estimate of drug-likeness (QED) is 0.611. The van der Waals surface area contributed by atoms with Crippen LogP contribution in [-0.2, 0) is 0 Å². The van der Waals surface area contributed by atoms with Crippen LogP contribution in [0, 0.1) is 0 Å². The number of nitrogens with one attached hydrogen (secondary N) is 1. The molecular weight excluding hydrogens is 138 g/mol. The first kappa shape index (κ1) is 6.09. The highest BCUT2D eigenvalue weighted by Gasteiger charge is 1.97. The molecule has 0 spiro atoms. The van der Waals surface area contributed by atoms with Crippen LogP contribution in [-0.4, -0.2) is 16.7 Å². The van der Waals surface area contributed by atoms with E-state index in [4.69, 9.17) is 0 Å². The molecule has 2 aromatic rings. The van der Waals surface area contributed by atoms with E-state index in [1.807, 2.05) is 12.3 Å². The molecule has 0 saturated heterocycles. The molecule has 3 heteroatoms. The molecule has 2 heterocycles. The Hall–Kier alpha value is -1.64. The van der Waals surface area contributed by atoms with Crippen molar-refractivity contribution in [2.45, 2.75) is 0 Å². The molecular formula is C8H7N3. The summed E-state index contributed by atoms with van der Waals surface area (Å²) in [5.74, 6) is 0. The lowest BCUT2D eigenvalue weighted by atomic mass is 10.3. The average Bonchev–Trinajstić information content (AvgIpc) is 2.50. The molecule has 0 atom stereocenters. The van der Waals surface area contributed by atoms with Gasteiger partial charge in [-0.05, 0) is 12.8 Å². The Morgan fingerprint density at radius 3 is 3.18 bits per heavy atom. The second kappa shape index (κ2) is 2.20. The number of pyridine rings is 1. The summed E-state index contributed by atoms with van der Waals surface area (Å²) in [6.07, 6.45) is 5.33. The van der Waals surface area contributed by atoms with Crippen molar-refractivity contribution in [1.82, 2.24) is 9.97 Å². The van der Waals surface area contributed by atoms with Crippen molar-refractivity contribution >= 4 is 23.3 Å². The van der Waals surface area contributed by atoms with Gasteiger partial charge in [0.15, 0.2) is 0 Å². The van der Waals surface area contributed by atoms with Gasteiger partial charge in [-0.1, -0.05) is 0 Å². The number of rotatable bonds is 1. The van der Waals surface area contributed by atoms with Gasteiger partial charge >= 0.3 is 0 Å². The highest BCUT2D eigenvalue weighted by Crippen LogP contribution is 2.22. The van der Waals surface area contributed by atoms with E-state index in [2.05, 4.69) is 21.7 Å². The maximum atomic E-state index is 3.99. The van der Waals surface area contributed by atoms with Crippen molar-refractivity contribution in [1.29, 1.82) is 0 Å². The van der Waals surface area contributed by atoms with Gasteiger partial charge in [0.25, 0.3) is 0 Å². The van der Waals surface area contributed by atoms with Gasteiger partial charge in [0.1, 0.15) is 0 Å². The molecule has 2 rings (SSSR count). The van der Waals surface area contributed by atoms with Crippen LogP contribution in [0.25, 0.3) is 10.9 Å². The van der Waals surface area contributed by atoms with Gasteiger partial charge in [-0.25, -0.2) is 0 Å². The van der Waals surface area contributed by atoms with Crippen LogP contribution in [0.1, 0.15) is 0 Å². The smallest absolute Gasteiger partial charge is 0.0899 e. The van der Waals surface area contributed by atoms with E-state index in [0.717, 1.165) is 16.6 Å². The fourth-order valence-electron chi connectivity index (χ4n) is 1.09. The molecule has 0 amide bonds. The van der Waals surface area contributed by atoms with Gasteiger partial charge in [-0.2, -0.15) is 0 Å². The average molecular weight is 145 g/mol. The van der Waals surface area contributed by atoms with E-state index in [1.165, 1.54) is 0 Å². The van der Waals surface area contributed by atoms with Gasteiger partial charge in [-0.15, -0.1) is 0 Å². The third-order valence-corrected chi connectivity index (χ3v) is 1.63. The summed E-state index contributed by atoms with van der Waals surface area (Å²) in [7, 11) is 0. The number of aromatic nitrogens is 2. The van der Waals surface area contributed by atoms with Crippen LogP contribution in [0.3, 0.4) is 0 Å². The van der Waals surface area contributed by atoms with E-state index in [-0.39, 0.29) is 0 Å². The van der Waals surface area contributed by atoms with E-state index >= 15 is 0 Å². The van der Waals surface area contributed by atoms with Crippen LogP contribution in [0.5, 0.6) is 0 Å². The number of aliphatic imine (C=N–C) groups is 1. The zero-order chi connectivity index (χ0) is 7.68. The second-order valence-electron chi connectivity index (χ2n) is 2.26. The zero-order valence-electron chi connectivity index (χ0n) is 5.91. The number of H-pyrrole nitrogens is 1. The molecule has 2 aromatic heterocycles. The number of aromatic amines is 1. The van der Waals surface area contributed by atoms with Gasteiger partial charge in [0.2, 0.25) is 0 Å². The Morgan fingerprint density at radius 1 is 1.45 bits per heavy atom. The Labute approximate surface area is 63.8 Å². The SMILES string of the molecule is C=Nc1cncc2[nH]ccc12. The van der Waals surface area contributed by atoms with Crippen molar-refractivity contribution in [3.05, 3.63) is 24.7 Å². The lowest BCUT2D eigenvalue weighted by Gasteiger charge is -1.92. The maximum Gasteiger partial charge on any atom is 0.0899 e. The van der Waals surface area contributed by atoms with Gasteiger partial charge < -0.3 is 4.98 Å². The highest BCUT2D eigenvalue weighted by molar-refractivity contribution is 5.89. The molecule has 0 aliphatic carbocycles. The number of nitrogens with zero attached hydrogens (tertiary/aromatic N) is 2. The third-order valence-electron chi connectivity index (χ3n) is 1.63. The summed E-state index contributed by atoms with van der Waals surface area (Å²) in [6, 6.07) is 1.96. The fourth-order valence-corrected chi connectivity index (χ4v) is 1.09. The minimum atomic E-state index is 0.823. The third kappa shape index (κ3) is 0.816. The molecule has 0 aliphatic rings. The normalized spacial score (nSPS) is 10.2. The largest absolute Gasteiger partial charge is 0.360 e. The van der Waals surface area contributed by atoms with Crippen molar-refractivity contribution < 1.29 is 0 Å². The first-order valence-electron chi connectivity index (χ1n) is 3.29. The standard InChI is InChI=1S/C8H7N3/c1-9-7-4-10-5-8-6(7)2-3-11-8/h2-5,11H,1H2. The van der Waals surface area contributed by atoms with Crippen molar-refractivity contribution in [3.63, 3.8) is 0 Å². The minimum Gasteiger partial charge on any atom is -0.360 e. The fraction of sp³-hybridized carbons (Fsp3) is 0. The summed E-state index contributed by atoms with van der Waals surface area (Å²) in [6.45, 7) is 3.46. The van der Waals surface area contributed by atoms with Crippen LogP contribution in [0.2, 0.25) is 0 Å². The molecule has 3 nitrogen and oxygen atoms in total. The number of hydrogen-bond donors (Lipinski definition) is 1. The van der Waals surface area contributed by atoms with Gasteiger partial charge in [-0.3, -0.25) is 9.98 Å². The van der Waals surface area contributed by atoms with E-state index < -0.39 is 0 Å². The Kier molecular flexibility index (Phi) is 1.22. The number of fused-ring (bicyclic) bond motifs is 1. The lowest BCUT2D eigenvalue weighted by molar-refractivity contribution is 1.32. The molecule has 0 aromatic carbocycles. The van der Waals surface area contributed by atoms with E-state index in [1.54, 1.807) is 12.4 Å². The predicted octanol–water partition coefficient (Wildman–Crippen LogP) is 1.89. The molecule has 54 valence electrons. The molecule has 0 unspecified atom stereocenters. The number of hydrogen-bond acceptors (Lipinski definition) is 2. The predicted molar refractivity (Wildman–Crippen MR) is 45.3 cm³/mol. The van der Waals surface area contributed by atoms with Crippen LogP contribution >= 0.6 is 0 Å². The molecule has 0 saturated carbocycles. The lowest BCUT2D eigenvalue weighted by Crippen LogP contribution is -1.72. The first-order valence-corrected chi connectivity index (χ1v) is 3.29. The summed E-state index contributed by atoms with van der Waals surface area (Å²) >= 11 is 0. The van der Waals surface area contributed by atoms with Crippen LogP contribution in [0.15, 0.2) is 29.6 Å². The molecule has 0 radical (unpaired) electrons. The molecule has 11 heavy (non-hydrogen) atoms. The minimum absolute atomic E-state index is 0.823. The van der Waals surface area contributed by atoms with Crippen molar-refractivity contribution in [2.75, 3.05) is 0 Å².